The van der Waals surface area contributed by atoms with Crippen molar-refractivity contribution in [3.63, 3.8) is 0 Å². The standard InChI is InChI=1S/C24H19S2/c25-21-16-14-19(15-17-21)20-8-7-13-24(18-20)26(22-9-3-1-4-10-22)23-11-5-2-6-12-23/h1-16,18H,17H2/q+1. The summed E-state index contributed by atoms with van der Waals surface area (Å²) < 4.78 is 0. The summed E-state index contributed by atoms with van der Waals surface area (Å²) in [7, 11) is -0.113. The molecule has 0 heterocycles. The van der Waals surface area contributed by atoms with Crippen molar-refractivity contribution in [2.24, 2.45) is 0 Å². The van der Waals surface area contributed by atoms with Crippen molar-refractivity contribution >= 4 is 33.6 Å². The van der Waals surface area contributed by atoms with Crippen molar-refractivity contribution in [3.05, 3.63) is 109 Å². The van der Waals surface area contributed by atoms with E-state index < -0.39 is 0 Å². The van der Waals surface area contributed by atoms with E-state index in [1.807, 2.05) is 6.08 Å². The topological polar surface area (TPSA) is 0 Å². The van der Waals surface area contributed by atoms with Gasteiger partial charge in [-0.15, -0.1) is 0 Å². The van der Waals surface area contributed by atoms with Gasteiger partial charge in [0.15, 0.2) is 14.7 Å². The van der Waals surface area contributed by atoms with Gasteiger partial charge in [0.05, 0.1) is 10.9 Å². The Hall–Kier alpha value is -2.42. The molecule has 0 amide bonds. The zero-order valence-electron chi connectivity index (χ0n) is 14.3. The van der Waals surface area contributed by atoms with Gasteiger partial charge < -0.3 is 0 Å². The monoisotopic (exact) mass is 371 g/mol. The Morgan fingerprint density at radius 2 is 1.27 bits per heavy atom. The van der Waals surface area contributed by atoms with Gasteiger partial charge in [-0.2, -0.15) is 0 Å². The Balaban J connectivity index is 1.79. The predicted molar refractivity (Wildman–Crippen MR) is 116 cm³/mol. The summed E-state index contributed by atoms with van der Waals surface area (Å²) in [5.74, 6) is 0. The Morgan fingerprint density at radius 3 is 1.85 bits per heavy atom. The molecule has 26 heavy (non-hydrogen) atoms. The number of benzene rings is 3. The number of thiocarbonyl (C=S) groups is 1. The van der Waals surface area contributed by atoms with Gasteiger partial charge in [0.25, 0.3) is 0 Å². The molecule has 0 aromatic heterocycles. The molecule has 0 spiro atoms. The molecular weight excluding hydrogens is 352 g/mol. The predicted octanol–water partition coefficient (Wildman–Crippen LogP) is 6.50. The van der Waals surface area contributed by atoms with Crippen LogP contribution >= 0.6 is 12.2 Å². The lowest BCUT2D eigenvalue weighted by Crippen LogP contribution is -2.05. The van der Waals surface area contributed by atoms with Gasteiger partial charge in [-0.3, -0.25) is 0 Å². The second-order valence-electron chi connectivity index (χ2n) is 6.12. The molecule has 126 valence electrons. The van der Waals surface area contributed by atoms with Crippen molar-refractivity contribution in [3.8, 4) is 0 Å². The summed E-state index contributed by atoms with van der Waals surface area (Å²) in [5, 5.41) is 0. The van der Waals surface area contributed by atoms with E-state index in [4.69, 9.17) is 12.2 Å². The van der Waals surface area contributed by atoms with E-state index in [1.54, 1.807) is 0 Å². The molecule has 0 atom stereocenters. The molecule has 0 N–H and O–H groups in total. The van der Waals surface area contributed by atoms with Crippen LogP contribution in [0, 0.1) is 0 Å². The summed E-state index contributed by atoms with van der Waals surface area (Å²) in [4.78, 5) is 5.01. The molecule has 0 fully saturated rings. The van der Waals surface area contributed by atoms with Crippen molar-refractivity contribution in [1.82, 2.24) is 0 Å². The van der Waals surface area contributed by atoms with E-state index >= 15 is 0 Å². The third-order valence-corrected chi connectivity index (χ3v) is 6.85. The Labute approximate surface area is 163 Å². The molecule has 0 aliphatic heterocycles. The van der Waals surface area contributed by atoms with Gasteiger partial charge in [0, 0.05) is 17.4 Å². The normalized spacial score (nSPS) is 13.7. The van der Waals surface area contributed by atoms with Crippen LogP contribution in [0.25, 0.3) is 5.57 Å². The first-order chi connectivity index (χ1) is 12.8. The van der Waals surface area contributed by atoms with Crippen LogP contribution < -0.4 is 0 Å². The molecule has 2 heteroatoms. The fourth-order valence-electron chi connectivity index (χ4n) is 3.07. The zero-order valence-corrected chi connectivity index (χ0v) is 16.0. The van der Waals surface area contributed by atoms with Crippen LogP contribution in [0.3, 0.4) is 0 Å². The van der Waals surface area contributed by atoms with Crippen molar-refractivity contribution in [2.45, 2.75) is 21.1 Å². The van der Waals surface area contributed by atoms with Crippen LogP contribution in [0.15, 0.2) is 118 Å². The molecule has 0 radical (unpaired) electrons. The molecule has 1 aliphatic rings. The molecule has 3 aromatic carbocycles. The first kappa shape index (κ1) is 17.0. The van der Waals surface area contributed by atoms with Crippen LogP contribution in [-0.2, 0) is 10.9 Å². The van der Waals surface area contributed by atoms with E-state index in [0.29, 0.717) is 0 Å². The average Bonchev–Trinajstić information content (AvgIpc) is 2.71. The average molecular weight is 372 g/mol. The van der Waals surface area contributed by atoms with Crippen LogP contribution in [0.5, 0.6) is 0 Å². The van der Waals surface area contributed by atoms with E-state index in [2.05, 4.69) is 97.1 Å². The first-order valence-corrected chi connectivity index (χ1v) is 10.3. The summed E-state index contributed by atoms with van der Waals surface area (Å²) in [6.45, 7) is 0. The second-order valence-corrected chi connectivity index (χ2v) is 8.67. The highest BCUT2D eigenvalue weighted by Crippen LogP contribution is 2.33. The van der Waals surface area contributed by atoms with Gasteiger partial charge in [-0.05, 0) is 47.5 Å². The lowest BCUT2D eigenvalue weighted by atomic mass is 10.00. The van der Waals surface area contributed by atoms with Crippen LogP contribution in [0.2, 0.25) is 0 Å². The smallest absolute Gasteiger partial charge is 0.0846 e. The van der Waals surface area contributed by atoms with Gasteiger partial charge in [0.2, 0.25) is 0 Å². The van der Waals surface area contributed by atoms with Gasteiger partial charge in [0.1, 0.15) is 0 Å². The molecule has 0 nitrogen and oxygen atoms in total. The summed E-state index contributed by atoms with van der Waals surface area (Å²) in [6, 6.07) is 30.4. The van der Waals surface area contributed by atoms with E-state index in [1.165, 1.54) is 25.8 Å². The largest absolute Gasteiger partial charge is 0.167 e. The minimum atomic E-state index is -0.113. The SMILES string of the molecule is S=C1C=CC(c2cccc([S+](c3ccccc3)c3ccccc3)c2)=CC1. The minimum Gasteiger partial charge on any atom is -0.0846 e. The number of rotatable bonds is 4. The van der Waals surface area contributed by atoms with E-state index in [9.17, 15) is 0 Å². The third-order valence-electron chi connectivity index (χ3n) is 4.33. The van der Waals surface area contributed by atoms with E-state index in [-0.39, 0.29) is 10.9 Å². The summed E-state index contributed by atoms with van der Waals surface area (Å²) in [5.41, 5.74) is 2.51. The van der Waals surface area contributed by atoms with Gasteiger partial charge in [-0.1, -0.05) is 72.9 Å². The fraction of sp³-hybridized carbons (Fsp3) is 0.0417. The second kappa shape index (κ2) is 7.86. The molecule has 0 bridgehead atoms. The van der Waals surface area contributed by atoms with Crippen LogP contribution in [-0.4, -0.2) is 4.86 Å². The van der Waals surface area contributed by atoms with Crippen LogP contribution in [0.1, 0.15) is 12.0 Å². The molecular formula is C24H19S2+. The van der Waals surface area contributed by atoms with Crippen molar-refractivity contribution in [1.29, 1.82) is 0 Å². The highest BCUT2D eigenvalue weighted by Gasteiger charge is 2.28. The third kappa shape index (κ3) is 3.72. The zero-order chi connectivity index (χ0) is 17.8. The summed E-state index contributed by atoms with van der Waals surface area (Å²) in [6.07, 6.45) is 7.26. The molecule has 0 unspecified atom stereocenters. The Morgan fingerprint density at radius 1 is 0.654 bits per heavy atom. The maximum Gasteiger partial charge on any atom is 0.167 e. The highest BCUT2D eigenvalue weighted by atomic mass is 32.2. The number of allylic oxidation sites excluding steroid dienone is 4. The Kier molecular flexibility index (Phi) is 5.14. The number of hydrogen-bond acceptors (Lipinski definition) is 1. The van der Waals surface area contributed by atoms with Crippen molar-refractivity contribution in [2.75, 3.05) is 0 Å². The molecule has 3 aromatic rings. The lowest BCUT2D eigenvalue weighted by molar-refractivity contribution is 1.31. The lowest BCUT2D eigenvalue weighted by Gasteiger charge is -2.11. The minimum absolute atomic E-state index is 0.113. The molecule has 0 saturated heterocycles. The summed E-state index contributed by atoms with van der Waals surface area (Å²) >= 11 is 5.27. The first-order valence-electron chi connectivity index (χ1n) is 8.67. The Bertz CT molecular complexity index is 930. The quantitative estimate of drug-likeness (QED) is 0.373. The molecule has 4 rings (SSSR count). The van der Waals surface area contributed by atoms with Gasteiger partial charge in [-0.25, -0.2) is 0 Å². The molecule has 1 aliphatic carbocycles. The molecule has 0 saturated carbocycles. The number of hydrogen-bond donors (Lipinski definition) is 0. The van der Waals surface area contributed by atoms with Crippen molar-refractivity contribution < 1.29 is 0 Å². The highest BCUT2D eigenvalue weighted by molar-refractivity contribution is 7.97. The maximum atomic E-state index is 5.27. The van der Waals surface area contributed by atoms with Crippen LogP contribution in [0.4, 0.5) is 0 Å². The van der Waals surface area contributed by atoms with E-state index in [0.717, 1.165) is 11.3 Å². The fourth-order valence-corrected chi connectivity index (χ4v) is 5.35. The maximum absolute atomic E-state index is 5.27. The van der Waals surface area contributed by atoms with Gasteiger partial charge >= 0.3 is 0 Å².